The zero-order valence-corrected chi connectivity index (χ0v) is 27.7. The van der Waals surface area contributed by atoms with E-state index in [1.54, 1.807) is 34.8 Å². The van der Waals surface area contributed by atoms with Gasteiger partial charge < -0.3 is 9.74 Å². The molecule has 1 N–H and O–H groups in total. The summed E-state index contributed by atoms with van der Waals surface area (Å²) in [6.45, 7) is 9.11. The van der Waals surface area contributed by atoms with Gasteiger partial charge in [0.25, 0.3) is 8.32 Å². The van der Waals surface area contributed by atoms with Gasteiger partial charge in [-0.05, 0) is 34.5 Å². The molecule has 0 radical (unpaired) electrons. The van der Waals surface area contributed by atoms with Gasteiger partial charge in [0.05, 0.1) is 24.7 Å². The van der Waals surface area contributed by atoms with Crippen molar-refractivity contribution in [1.82, 2.24) is 34.3 Å². The Balaban J connectivity index is 1.32. The van der Waals surface area contributed by atoms with Gasteiger partial charge in [0.15, 0.2) is 5.65 Å². The summed E-state index contributed by atoms with van der Waals surface area (Å²) in [7, 11) is -0.968. The molecule has 4 aromatic heterocycles. The molecule has 0 aliphatic heterocycles. The molecule has 6 aromatic rings. The molecule has 0 aliphatic carbocycles. The molecule has 1 atom stereocenters. The number of fused-ring (bicyclic) bond motifs is 1. The SMILES string of the molecule is C[C@@H](CO[Si](c1ccccc1)(c1ccccc1)C(C)(C)C)Nc1nc2c(-c3cnn(C)c3)nc(-c3ccc(C(F)(F)F)nc3)cn2n1. The first kappa shape index (κ1) is 32.1. The van der Waals surface area contributed by atoms with E-state index in [4.69, 9.17) is 14.4 Å². The summed E-state index contributed by atoms with van der Waals surface area (Å²) in [6, 6.07) is 23.0. The molecule has 0 saturated heterocycles. The number of anilines is 1. The van der Waals surface area contributed by atoms with Crippen molar-refractivity contribution >= 4 is 30.3 Å². The molecule has 4 heterocycles. The Kier molecular flexibility index (Phi) is 8.45. The molecule has 0 aliphatic rings. The molecular formula is C34H35F3N8OSi. The maximum absolute atomic E-state index is 13.2. The molecule has 0 bridgehead atoms. The monoisotopic (exact) mass is 656 g/mol. The zero-order chi connectivity index (χ0) is 33.4. The normalized spacial score (nSPS) is 13.2. The summed E-state index contributed by atoms with van der Waals surface area (Å²) in [5.74, 6) is 0.359. The lowest BCUT2D eigenvalue weighted by Crippen LogP contribution is -2.67. The van der Waals surface area contributed by atoms with E-state index >= 15 is 0 Å². The van der Waals surface area contributed by atoms with Gasteiger partial charge in [-0.15, -0.1) is 5.10 Å². The lowest BCUT2D eigenvalue weighted by Gasteiger charge is -2.43. The van der Waals surface area contributed by atoms with Crippen molar-refractivity contribution in [2.75, 3.05) is 11.9 Å². The van der Waals surface area contributed by atoms with Crippen molar-refractivity contribution in [1.29, 1.82) is 0 Å². The summed E-state index contributed by atoms with van der Waals surface area (Å²) in [4.78, 5) is 13.1. The Labute approximate surface area is 271 Å². The van der Waals surface area contributed by atoms with Crippen LogP contribution in [-0.2, 0) is 17.6 Å². The molecule has 0 amide bonds. The largest absolute Gasteiger partial charge is 0.433 e. The zero-order valence-electron chi connectivity index (χ0n) is 26.7. The quantitative estimate of drug-likeness (QED) is 0.191. The summed E-state index contributed by atoms with van der Waals surface area (Å²) >= 11 is 0. The lowest BCUT2D eigenvalue weighted by molar-refractivity contribution is -0.141. The lowest BCUT2D eigenvalue weighted by atomic mass is 10.2. The Morgan fingerprint density at radius 2 is 1.51 bits per heavy atom. The fourth-order valence-electron chi connectivity index (χ4n) is 5.81. The van der Waals surface area contributed by atoms with Crippen LogP contribution in [0.1, 0.15) is 33.4 Å². The number of halogens is 3. The van der Waals surface area contributed by atoms with Gasteiger partial charge in [-0.3, -0.25) is 9.67 Å². The number of nitrogens with zero attached hydrogens (tertiary/aromatic N) is 7. The van der Waals surface area contributed by atoms with Crippen LogP contribution < -0.4 is 15.7 Å². The van der Waals surface area contributed by atoms with Crippen LogP contribution in [0.15, 0.2) is 97.6 Å². The summed E-state index contributed by atoms with van der Waals surface area (Å²) < 4.78 is 49.8. The highest BCUT2D eigenvalue weighted by atomic mass is 28.4. The molecule has 0 fully saturated rings. The van der Waals surface area contributed by atoms with Crippen molar-refractivity contribution in [3.8, 4) is 22.5 Å². The number of rotatable bonds is 9. The number of nitrogens with one attached hydrogen (secondary N) is 1. The van der Waals surface area contributed by atoms with Gasteiger partial charge in [0, 0.05) is 36.6 Å². The van der Waals surface area contributed by atoms with Gasteiger partial charge >= 0.3 is 6.18 Å². The van der Waals surface area contributed by atoms with Gasteiger partial charge in [0.2, 0.25) is 5.95 Å². The van der Waals surface area contributed by atoms with Gasteiger partial charge in [-0.25, -0.2) is 9.50 Å². The summed E-state index contributed by atoms with van der Waals surface area (Å²) in [5, 5.41) is 14.5. The molecule has 0 unspecified atom stereocenters. The third kappa shape index (κ3) is 6.40. The van der Waals surface area contributed by atoms with E-state index in [0.29, 0.717) is 40.7 Å². The summed E-state index contributed by atoms with van der Waals surface area (Å²) in [5.41, 5.74) is 1.44. The average molecular weight is 657 g/mol. The van der Waals surface area contributed by atoms with E-state index in [0.717, 1.165) is 12.3 Å². The van der Waals surface area contributed by atoms with E-state index in [9.17, 15) is 13.2 Å². The van der Waals surface area contributed by atoms with Crippen molar-refractivity contribution in [2.24, 2.45) is 7.05 Å². The van der Waals surface area contributed by atoms with Crippen molar-refractivity contribution in [2.45, 2.75) is 45.0 Å². The third-order valence-electron chi connectivity index (χ3n) is 7.99. The van der Waals surface area contributed by atoms with Crippen LogP contribution in [0.5, 0.6) is 0 Å². The Morgan fingerprint density at radius 3 is 2.04 bits per heavy atom. The molecule has 2 aromatic carbocycles. The Hall–Kier alpha value is -4.88. The molecule has 0 spiro atoms. The number of benzene rings is 2. The van der Waals surface area contributed by atoms with Crippen LogP contribution in [0.25, 0.3) is 28.2 Å². The highest BCUT2D eigenvalue weighted by molar-refractivity contribution is 6.99. The number of aryl methyl sites for hydroxylation is 1. The topological polar surface area (TPSA) is 95.0 Å². The van der Waals surface area contributed by atoms with Gasteiger partial charge in [-0.2, -0.15) is 23.3 Å². The van der Waals surface area contributed by atoms with Crippen LogP contribution >= 0.6 is 0 Å². The predicted molar refractivity (Wildman–Crippen MR) is 178 cm³/mol. The number of alkyl halides is 3. The molecular weight excluding hydrogens is 622 g/mol. The van der Waals surface area contributed by atoms with Crippen LogP contribution in [0.4, 0.5) is 19.1 Å². The molecule has 6 rings (SSSR count). The molecule has 9 nitrogen and oxygen atoms in total. The van der Waals surface area contributed by atoms with E-state index in [1.807, 2.05) is 19.1 Å². The molecule has 47 heavy (non-hydrogen) atoms. The molecule has 13 heteroatoms. The first-order valence-corrected chi connectivity index (χ1v) is 17.1. The van der Waals surface area contributed by atoms with Gasteiger partial charge in [0.1, 0.15) is 11.4 Å². The van der Waals surface area contributed by atoms with Crippen LogP contribution in [0, 0.1) is 0 Å². The van der Waals surface area contributed by atoms with Crippen LogP contribution in [0.3, 0.4) is 0 Å². The maximum Gasteiger partial charge on any atom is 0.433 e. The highest BCUT2D eigenvalue weighted by Gasteiger charge is 2.50. The minimum absolute atomic E-state index is 0.176. The first-order chi connectivity index (χ1) is 22.3. The van der Waals surface area contributed by atoms with Crippen molar-refractivity contribution < 1.29 is 17.6 Å². The van der Waals surface area contributed by atoms with Crippen LogP contribution in [0.2, 0.25) is 5.04 Å². The minimum atomic E-state index is -4.54. The van der Waals surface area contributed by atoms with E-state index in [-0.39, 0.29) is 11.1 Å². The Morgan fingerprint density at radius 1 is 0.851 bits per heavy atom. The molecule has 0 saturated carbocycles. The first-order valence-electron chi connectivity index (χ1n) is 15.2. The van der Waals surface area contributed by atoms with Gasteiger partial charge in [-0.1, -0.05) is 81.4 Å². The number of hydrogen-bond acceptors (Lipinski definition) is 7. The number of hydrogen-bond donors (Lipinski definition) is 1. The standard InChI is InChI=1S/C34H35F3N8OSi/c1-23(22-46-47(33(2,3)4,26-12-8-6-9-13-26)27-14-10-7-11-15-27)40-32-42-31-30(25-19-39-44(5)20-25)41-28(21-45(31)43-32)24-16-17-29(38-18-24)34(35,36)37/h6-21,23H,22H2,1-5H3,(H,40,43)/t23-/m0/s1. The average Bonchev–Trinajstić information content (AvgIpc) is 3.66. The maximum atomic E-state index is 13.2. The Bertz CT molecular complexity index is 1930. The van der Waals surface area contributed by atoms with Crippen molar-refractivity contribution in [3.05, 3.63) is 103 Å². The minimum Gasteiger partial charge on any atom is -0.405 e. The summed E-state index contributed by atoms with van der Waals surface area (Å²) in [6.07, 6.45) is 1.69. The third-order valence-corrected chi connectivity index (χ3v) is 13.0. The van der Waals surface area contributed by atoms with E-state index in [2.05, 4.69) is 89.8 Å². The highest BCUT2D eigenvalue weighted by Crippen LogP contribution is 2.37. The fourth-order valence-corrected chi connectivity index (χ4v) is 10.5. The number of aromatic nitrogens is 7. The second-order valence-electron chi connectivity index (χ2n) is 12.5. The fraction of sp³-hybridized carbons (Fsp3) is 0.265. The second kappa shape index (κ2) is 12.4. The second-order valence-corrected chi connectivity index (χ2v) is 16.8. The number of pyridine rings is 1. The van der Waals surface area contributed by atoms with Crippen molar-refractivity contribution in [3.63, 3.8) is 0 Å². The smallest absolute Gasteiger partial charge is 0.405 e. The van der Waals surface area contributed by atoms with Crippen LogP contribution in [-0.4, -0.2) is 55.3 Å². The predicted octanol–water partition coefficient (Wildman–Crippen LogP) is 5.98. The molecule has 242 valence electrons. The van der Waals surface area contributed by atoms with E-state index in [1.165, 1.54) is 16.4 Å². The van der Waals surface area contributed by atoms with E-state index < -0.39 is 20.2 Å².